The van der Waals surface area contributed by atoms with Gasteiger partial charge in [0.2, 0.25) is 0 Å². The van der Waals surface area contributed by atoms with Crippen LogP contribution < -0.4 is 5.32 Å². The van der Waals surface area contributed by atoms with Crippen molar-refractivity contribution < 1.29 is 0 Å². The summed E-state index contributed by atoms with van der Waals surface area (Å²) in [5.74, 6) is 0. The molecule has 0 bridgehead atoms. The fourth-order valence-electron chi connectivity index (χ4n) is 1.69. The summed E-state index contributed by atoms with van der Waals surface area (Å²) in [5.41, 5.74) is 2.15. The molecule has 0 aliphatic rings. The summed E-state index contributed by atoms with van der Waals surface area (Å²) in [7, 11) is 4.15. The SMILES string of the molecule is CN(C)CCNc1ccnc2cc(Br)ccc12. The second-order valence-corrected chi connectivity index (χ2v) is 5.17. The van der Waals surface area contributed by atoms with Crippen LogP contribution in [0.15, 0.2) is 34.9 Å². The van der Waals surface area contributed by atoms with E-state index in [-0.39, 0.29) is 0 Å². The molecule has 0 unspecified atom stereocenters. The fourth-order valence-corrected chi connectivity index (χ4v) is 2.04. The van der Waals surface area contributed by atoms with E-state index in [1.54, 1.807) is 0 Å². The number of nitrogens with zero attached hydrogens (tertiary/aromatic N) is 2. The number of halogens is 1. The molecule has 0 saturated carbocycles. The lowest BCUT2D eigenvalue weighted by Gasteiger charge is -2.12. The van der Waals surface area contributed by atoms with Crippen LogP contribution in [0.1, 0.15) is 0 Å². The summed E-state index contributed by atoms with van der Waals surface area (Å²) in [6.45, 7) is 1.95. The van der Waals surface area contributed by atoms with Crippen molar-refractivity contribution in [1.29, 1.82) is 0 Å². The summed E-state index contributed by atoms with van der Waals surface area (Å²) in [6, 6.07) is 8.18. The molecule has 1 aromatic heterocycles. The third-order valence-corrected chi connectivity index (χ3v) is 3.07. The Labute approximate surface area is 110 Å². The average molecular weight is 294 g/mol. The molecule has 0 radical (unpaired) electrons. The molecule has 0 atom stereocenters. The van der Waals surface area contributed by atoms with Crippen LogP contribution >= 0.6 is 15.9 Å². The van der Waals surface area contributed by atoms with Gasteiger partial charge in [0.05, 0.1) is 5.52 Å². The Bertz CT molecular complexity index is 511. The van der Waals surface area contributed by atoms with Crippen molar-refractivity contribution in [3.63, 3.8) is 0 Å². The van der Waals surface area contributed by atoms with Gasteiger partial charge in [0.1, 0.15) is 0 Å². The van der Waals surface area contributed by atoms with Crippen LogP contribution in [0.25, 0.3) is 10.9 Å². The lowest BCUT2D eigenvalue weighted by atomic mass is 10.2. The van der Waals surface area contributed by atoms with Gasteiger partial charge in [-0.15, -0.1) is 0 Å². The first-order chi connectivity index (χ1) is 8.16. The molecule has 2 aromatic rings. The Morgan fingerprint density at radius 1 is 1.29 bits per heavy atom. The molecule has 3 nitrogen and oxygen atoms in total. The lowest BCUT2D eigenvalue weighted by Crippen LogP contribution is -2.20. The highest BCUT2D eigenvalue weighted by Crippen LogP contribution is 2.24. The van der Waals surface area contributed by atoms with Crippen LogP contribution in [0.5, 0.6) is 0 Å². The van der Waals surface area contributed by atoms with Crippen LogP contribution in [-0.4, -0.2) is 37.1 Å². The van der Waals surface area contributed by atoms with Crippen LogP contribution in [0, 0.1) is 0 Å². The molecule has 2 rings (SSSR count). The average Bonchev–Trinajstić information content (AvgIpc) is 2.28. The quantitative estimate of drug-likeness (QED) is 0.939. The van der Waals surface area contributed by atoms with E-state index in [1.807, 2.05) is 24.4 Å². The van der Waals surface area contributed by atoms with Gasteiger partial charge in [0, 0.05) is 34.8 Å². The van der Waals surface area contributed by atoms with Crippen molar-refractivity contribution in [2.24, 2.45) is 0 Å². The third-order valence-electron chi connectivity index (χ3n) is 2.58. The molecule has 0 amide bonds. The number of aromatic nitrogens is 1. The zero-order valence-corrected chi connectivity index (χ0v) is 11.7. The number of benzene rings is 1. The van der Waals surface area contributed by atoms with E-state index >= 15 is 0 Å². The number of fused-ring (bicyclic) bond motifs is 1. The highest BCUT2D eigenvalue weighted by atomic mass is 79.9. The van der Waals surface area contributed by atoms with E-state index in [0.717, 1.165) is 34.2 Å². The van der Waals surface area contributed by atoms with Crippen molar-refractivity contribution in [2.45, 2.75) is 0 Å². The van der Waals surface area contributed by atoms with Crippen molar-refractivity contribution in [3.8, 4) is 0 Å². The Balaban J connectivity index is 2.22. The second-order valence-electron chi connectivity index (χ2n) is 4.25. The first kappa shape index (κ1) is 12.3. The Morgan fingerprint density at radius 3 is 2.88 bits per heavy atom. The van der Waals surface area contributed by atoms with Crippen molar-refractivity contribution in [3.05, 3.63) is 34.9 Å². The molecular weight excluding hydrogens is 278 g/mol. The van der Waals surface area contributed by atoms with E-state index in [1.165, 1.54) is 0 Å². The van der Waals surface area contributed by atoms with E-state index < -0.39 is 0 Å². The van der Waals surface area contributed by atoms with Gasteiger partial charge in [-0.2, -0.15) is 0 Å². The molecule has 0 saturated heterocycles. The van der Waals surface area contributed by atoms with E-state index in [2.05, 4.69) is 51.3 Å². The predicted molar refractivity (Wildman–Crippen MR) is 76.5 cm³/mol. The number of hydrogen-bond donors (Lipinski definition) is 1. The molecule has 90 valence electrons. The normalized spacial score (nSPS) is 11.1. The van der Waals surface area contributed by atoms with Gasteiger partial charge >= 0.3 is 0 Å². The monoisotopic (exact) mass is 293 g/mol. The minimum absolute atomic E-state index is 0.933. The number of anilines is 1. The van der Waals surface area contributed by atoms with Crippen LogP contribution in [0.3, 0.4) is 0 Å². The van der Waals surface area contributed by atoms with Crippen molar-refractivity contribution >= 4 is 32.5 Å². The maximum atomic E-state index is 4.37. The molecule has 0 aliphatic carbocycles. The third kappa shape index (κ3) is 3.17. The molecule has 17 heavy (non-hydrogen) atoms. The Morgan fingerprint density at radius 2 is 2.12 bits per heavy atom. The second kappa shape index (κ2) is 5.47. The van der Waals surface area contributed by atoms with E-state index in [0.29, 0.717) is 0 Å². The predicted octanol–water partition coefficient (Wildman–Crippen LogP) is 2.97. The van der Waals surface area contributed by atoms with E-state index in [9.17, 15) is 0 Å². The maximum absolute atomic E-state index is 4.37. The maximum Gasteiger partial charge on any atom is 0.0733 e. The van der Waals surface area contributed by atoms with Crippen LogP contribution in [0.2, 0.25) is 0 Å². The summed E-state index contributed by atoms with van der Waals surface area (Å²) in [5, 5.41) is 4.60. The summed E-state index contributed by atoms with van der Waals surface area (Å²) in [4.78, 5) is 6.53. The first-order valence-electron chi connectivity index (χ1n) is 5.60. The summed E-state index contributed by atoms with van der Waals surface area (Å²) in [6.07, 6.45) is 1.84. The molecular formula is C13H16BrN3. The smallest absolute Gasteiger partial charge is 0.0733 e. The first-order valence-corrected chi connectivity index (χ1v) is 6.39. The van der Waals surface area contributed by atoms with Gasteiger partial charge < -0.3 is 10.2 Å². The van der Waals surface area contributed by atoms with Gasteiger partial charge in [-0.1, -0.05) is 15.9 Å². The lowest BCUT2D eigenvalue weighted by molar-refractivity contribution is 0.425. The highest BCUT2D eigenvalue weighted by Gasteiger charge is 2.01. The molecule has 1 aromatic carbocycles. The van der Waals surface area contributed by atoms with Gasteiger partial charge in [-0.3, -0.25) is 4.98 Å². The number of likely N-dealkylation sites (N-methyl/N-ethyl adjacent to an activating group) is 1. The molecule has 0 spiro atoms. The highest BCUT2D eigenvalue weighted by molar-refractivity contribution is 9.10. The standard InChI is InChI=1S/C13H16BrN3/c1-17(2)8-7-16-12-5-6-15-13-9-10(14)3-4-11(12)13/h3-6,9H,7-8H2,1-2H3,(H,15,16). The molecule has 1 heterocycles. The Hall–Kier alpha value is -1.13. The summed E-state index contributed by atoms with van der Waals surface area (Å²) < 4.78 is 1.06. The fraction of sp³-hybridized carbons (Fsp3) is 0.308. The van der Waals surface area contributed by atoms with Gasteiger partial charge in [-0.25, -0.2) is 0 Å². The van der Waals surface area contributed by atoms with E-state index in [4.69, 9.17) is 0 Å². The number of nitrogens with one attached hydrogen (secondary N) is 1. The van der Waals surface area contributed by atoms with Crippen LogP contribution in [0.4, 0.5) is 5.69 Å². The largest absolute Gasteiger partial charge is 0.383 e. The van der Waals surface area contributed by atoms with Gasteiger partial charge in [-0.05, 0) is 38.4 Å². The molecule has 0 fully saturated rings. The van der Waals surface area contributed by atoms with Crippen LogP contribution in [-0.2, 0) is 0 Å². The number of hydrogen-bond acceptors (Lipinski definition) is 3. The number of pyridine rings is 1. The number of rotatable bonds is 4. The van der Waals surface area contributed by atoms with Crippen molar-refractivity contribution in [1.82, 2.24) is 9.88 Å². The zero-order valence-electron chi connectivity index (χ0n) is 10.1. The summed E-state index contributed by atoms with van der Waals surface area (Å²) >= 11 is 3.46. The van der Waals surface area contributed by atoms with Gasteiger partial charge in [0.25, 0.3) is 0 Å². The zero-order chi connectivity index (χ0) is 12.3. The molecule has 1 N–H and O–H groups in total. The Kier molecular flexibility index (Phi) is 3.97. The minimum Gasteiger partial charge on any atom is -0.383 e. The molecule has 0 aliphatic heterocycles. The minimum atomic E-state index is 0.933. The van der Waals surface area contributed by atoms with Gasteiger partial charge in [0.15, 0.2) is 0 Å². The van der Waals surface area contributed by atoms with Crippen molar-refractivity contribution in [2.75, 3.05) is 32.5 Å². The topological polar surface area (TPSA) is 28.2 Å². The molecule has 4 heteroatoms.